The lowest BCUT2D eigenvalue weighted by atomic mass is 10.2. The Bertz CT molecular complexity index is 1140. The van der Waals surface area contributed by atoms with E-state index in [9.17, 15) is 18.4 Å². The van der Waals surface area contributed by atoms with E-state index >= 15 is 0 Å². The molecule has 10 heteroatoms. The van der Waals surface area contributed by atoms with Gasteiger partial charge >= 0.3 is 11.7 Å². The number of pyridine rings is 1. The number of likely N-dealkylation sites (tertiary alicyclic amines) is 1. The first-order valence-electron chi connectivity index (χ1n) is 9.55. The molecule has 0 spiro atoms. The lowest BCUT2D eigenvalue weighted by molar-refractivity contribution is 0.187. The Kier molecular flexibility index (Phi) is 5.49. The maximum Gasteiger partial charge on any atom is 0.330 e. The van der Waals surface area contributed by atoms with Crippen molar-refractivity contribution in [3.05, 3.63) is 58.6 Å². The van der Waals surface area contributed by atoms with Gasteiger partial charge in [0.15, 0.2) is 5.65 Å². The van der Waals surface area contributed by atoms with Crippen LogP contribution in [0.4, 0.5) is 19.3 Å². The normalized spacial score (nSPS) is 16.4. The van der Waals surface area contributed by atoms with E-state index in [-0.39, 0.29) is 24.0 Å². The van der Waals surface area contributed by atoms with Gasteiger partial charge in [-0.3, -0.25) is 9.13 Å². The number of imidazole rings is 1. The molecule has 0 bridgehead atoms. The van der Waals surface area contributed by atoms with Gasteiger partial charge in [0.05, 0.1) is 30.4 Å². The zero-order chi connectivity index (χ0) is 21.3. The lowest BCUT2D eigenvalue weighted by Crippen LogP contribution is -2.35. The zero-order valence-electron chi connectivity index (χ0n) is 16.3. The largest absolute Gasteiger partial charge is 0.383 e. The van der Waals surface area contributed by atoms with Gasteiger partial charge in [-0.1, -0.05) is 0 Å². The van der Waals surface area contributed by atoms with E-state index in [1.165, 1.54) is 4.90 Å². The van der Waals surface area contributed by atoms with Crippen LogP contribution in [0, 0.1) is 11.6 Å². The minimum atomic E-state index is -0.720. The summed E-state index contributed by atoms with van der Waals surface area (Å²) in [6.07, 6.45) is 2.16. The molecule has 0 aliphatic carbocycles. The van der Waals surface area contributed by atoms with Gasteiger partial charge in [0.1, 0.15) is 11.6 Å². The molecule has 2 aromatic heterocycles. The van der Waals surface area contributed by atoms with Gasteiger partial charge in [-0.25, -0.2) is 23.4 Å². The molecule has 1 atom stereocenters. The minimum absolute atomic E-state index is 0.218. The van der Waals surface area contributed by atoms with Gasteiger partial charge in [-0.05, 0) is 30.7 Å². The third kappa shape index (κ3) is 3.65. The summed E-state index contributed by atoms with van der Waals surface area (Å²) in [6, 6.07) is 5.62. The molecule has 1 aliphatic heterocycles. The van der Waals surface area contributed by atoms with Crippen molar-refractivity contribution in [2.45, 2.75) is 19.0 Å². The number of carbonyl (C=O) groups excluding carboxylic acids is 1. The number of aromatic nitrogens is 3. The molecule has 8 nitrogen and oxygen atoms in total. The number of hydrogen-bond donors (Lipinski definition) is 1. The van der Waals surface area contributed by atoms with Crippen LogP contribution in [-0.4, -0.2) is 51.9 Å². The van der Waals surface area contributed by atoms with Crippen LogP contribution in [0.15, 0.2) is 41.3 Å². The Morgan fingerprint density at radius 2 is 2.17 bits per heavy atom. The summed E-state index contributed by atoms with van der Waals surface area (Å²) in [6.45, 7) is 1.40. The fourth-order valence-corrected chi connectivity index (χ4v) is 3.76. The van der Waals surface area contributed by atoms with E-state index in [4.69, 9.17) is 4.74 Å². The van der Waals surface area contributed by atoms with Crippen molar-refractivity contribution in [1.29, 1.82) is 0 Å². The molecule has 4 rings (SSSR count). The number of amides is 2. The molecule has 3 heterocycles. The van der Waals surface area contributed by atoms with E-state index < -0.39 is 17.7 Å². The lowest BCUT2D eigenvalue weighted by Gasteiger charge is -2.18. The fourth-order valence-electron chi connectivity index (χ4n) is 3.76. The predicted octanol–water partition coefficient (Wildman–Crippen LogP) is 2.60. The van der Waals surface area contributed by atoms with E-state index in [0.717, 1.165) is 18.2 Å². The van der Waals surface area contributed by atoms with Crippen LogP contribution in [0.25, 0.3) is 11.2 Å². The summed E-state index contributed by atoms with van der Waals surface area (Å²) < 4.78 is 35.5. The van der Waals surface area contributed by atoms with Gasteiger partial charge in [0.25, 0.3) is 0 Å². The van der Waals surface area contributed by atoms with Gasteiger partial charge in [-0.2, -0.15) is 0 Å². The smallest absolute Gasteiger partial charge is 0.330 e. The second-order valence-corrected chi connectivity index (χ2v) is 7.09. The topological polar surface area (TPSA) is 81.4 Å². The molecule has 1 fully saturated rings. The number of fused-ring (bicyclic) bond motifs is 1. The quantitative estimate of drug-likeness (QED) is 0.692. The van der Waals surface area contributed by atoms with Crippen molar-refractivity contribution < 1.29 is 18.3 Å². The van der Waals surface area contributed by atoms with E-state index in [0.29, 0.717) is 37.3 Å². The third-order valence-corrected chi connectivity index (χ3v) is 5.23. The molecule has 158 valence electrons. The predicted molar refractivity (Wildman–Crippen MR) is 106 cm³/mol. The van der Waals surface area contributed by atoms with Gasteiger partial charge < -0.3 is 15.0 Å². The second kappa shape index (κ2) is 8.23. The van der Waals surface area contributed by atoms with Crippen molar-refractivity contribution in [2.24, 2.45) is 0 Å². The molecular weight excluding hydrogens is 396 g/mol. The van der Waals surface area contributed by atoms with Crippen molar-refractivity contribution in [1.82, 2.24) is 19.0 Å². The number of carbonyl (C=O) groups is 1. The maximum atomic E-state index is 13.8. The molecule has 0 radical (unpaired) electrons. The Morgan fingerprint density at radius 1 is 1.33 bits per heavy atom. The number of anilines is 1. The molecule has 1 N–H and O–H groups in total. The Labute approximate surface area is 170 Å². The number of nitrogens with one attached hydrogen (secondary N) is 1. The monoisotopic (exact) mass is 417 g/mol. The van der Waals surface area contributed by atoms with Crippen molar-refractivity contribution in [3.8, 4) is 0 Å². The van der Waals surface area contributed by atoms with Crippen LogP contribution in [-0.2, 0) is 11.3 Å². The summed E-state index contributed by atoms with van der Waals surface area (Å²) in [4.78, 5) is 31.4. The molecular formula is C20H21F2N5O3. The third-order valence-electron chi connectivity index (χ3n) is 5.23. The molecule has 0 unspecified atom stereocenters. The Hall–Kier alpha value is -3.27. The number of urea groups is 1. The van der Waals surface area contributed by atoms with Crippen LogP contribution in [0.5, 0.6) is 0 Å². The number of ether oxygens (including phenoxy) is 1. The van der Waals surface area contributed by atoms with Gasteiger partial charge in [-0.15, -0.1) is 0 Å². The second-order valence-electron chi connectivity index (χ2n) is 7.09. The maximum absolute atomic E-state index is 13.8. The number of rotatable bonds is 5. The van der Waals surface area contributed by atoms with Crippen LogP contribution in [0.2, 0.25) is 0 Å². The average molecular weight is 417 g/mol. The molecule has 1 aliphatic rings. The van der Waals surface area contributed by atoms with Crippen LogP contribution in [0.1, 0.15) is 12.5 Å². The summed E-state index contributed by atoms with van der Waals surface area (Å²) >= 11 is 0. The number of hydrogen-bond acceptors (Lipinski definition) is 4. The van der Waals surface area contributed by atoms with E-state index in [1.54, 1.807) is 28.5 Å². The van der Waals surface area contributed by atoms with Crippen molar-refractivity contribution in [2.75, 3.05) is 32.1 Å². The minimum Gasteiger partial charge on any atom is -0.383 e. The van der Waals surface area contributed by atoms with Crippen LogP contribution < -0.4 is 11.0 Å². The first kappa shape index (κ1) is 20.0. The average Bonchev–Trinajstić information content (AvgIpc) is 3.31. The van der Waals surface area contributed by atoms with Crippen molar-refractivity contribution in [3.63, 3.8) is 0 Å². The molecule has 3 aromatic rings. The highest BCUT2D eigenvalue weighted by atomic mass is 19.1. The summed E-state index contributed by atoms with van der Waals surface area (Å²) in [5, 5.41) is 2.40. The summed E-state index contributed by atoms with van der Waals surface area (Å²) in [5.74, 6) is -1.37. The van der Waals surface area contributed by atoms with Gasteiger partial charge in [0.2, 0.25) is 0 Å². The first-order chi connectivity index (χ1) is 14.5. The molecule has 1 saturated heterocycles. The van der Waals surface area contributed by atoms with E-state index in [2.05, 4.69) is 10.3 Å². The van der Waals surface area contributed by atoms with E-state index in [1.807, 2.05) is 6.07 Å². The molecule has 0 saturated carbocycles. The number of halogens is 2. The highest BCUT2D eigenvalue weighted by molar-refractivity contribution is 5.89. The first-order valence-corrected chi connectivity index (χ1v) is 9.55. The molecule has 1 aromatic carbocycles. The Balaban J connectivity index is 1.57. The van der Waals surface area contributed by atoms with Crippen LogP contribution in [0.3, 0.4) is 0 Å². The fraction of sp³-hybridized carbons (Fsp3) is 0.350. The Morgan fingerprint density at radius 3 is 2.97 bits per heavy atom. The summed E-state index contributed by atoms with van der Waals surface area (Å²) in [5.41, 5.74) is 0.800. The highest BCUT2D eigenvalue weighted by Gasteiger charge is 2.31. The highest BCUT2D eigenvalue weighted by Crippen LogP contribution is 2.25. The van der Waals surface area contributed by atoms with Gasteiger partial charge in [0, 0.05) is 32.5 Å². The number of benzene rings is 1. The molecule has 2 amide bonds. The van der Waals surface area contributed by atoms with Crippen LogP contribution >= 0.6 is 0 Å². The number of methoxy groups -OCH3 is 1. The SMILES string of the molecule is COCCn1c(=O)n([C@@H]2CCN(C(=O)Nc3cc(F)ccc3F)C2)c2ncccc21. The standard InChI is InChI=1S/C20H21F2N5O3/c1-30-10-9-26-17-3-2-7-23-18(17)27(20(26)29)14-6-8-25(12-14)19(28)24-16-11-13(21)4-5-15(16)22/h2-5,7,11,14H,6,8-10,12H2,1H3,(H,24,28)/t14-/m1/s1. The summed E-state index contributed by atoms with van der Waals surface area (Å²) in [7, 11) is 1.57. The van der Waals surface area contributed by atoms with Crippen molar-refractivity contribution >= 4 is 22.9 Å². The number of nitrogens with zero attached hydrogens (tertiary/aromatic N) is 4. The molecule has 30 heavy (non-hydrogen) atoms. The zero-order valence-corrected chi connectivity index (χ0v) is 16.3.